The predicted molar refractivity (Wildman–Crippen MR) is 99.6 cm³/mol. The van der Waals surface area contributed by atoms with Gasteiger partial charge < -0.3 is 0 Å². The van der Waals surface area contributed by atoms with Gasteiger partial charge in [-0.1, -0.05) is 10.4 Å². The number of carbonyl (C=O) groups is 4. The van der Waals surface area contributed by atoms with Gasteiger partial charge in [0, 0.05) is 19.3 Å². The van der Waals surface area contributed by atoms with Gasteiger partial charge in [0.15, 0.2) is 5.82 Å². The zero-order valence-electron chi connectivity index (χ0n) is 16.0. The van der Waals surface area contributed by atoms with Crippen molar-refractivity contribution in [3.63, 3.8) is 0 Å². The molecule has 13 nitrogen and oxygen atoms in total. The number of tetrazole rings is 1. The average molecular weight is 421 g/mol. The van der Waals surface area contributed by atoms with Crippen molar-refractivity contribution < 1.29 is 19.2 Å². The van der Waals surface area contributed by atoms with Crippen LogP contribution in [-0.2, 0) is 22.4 Å². The van der Waals surface area contributed by atoms with Crippen LogP contribution in [-0.4, -0.2) is 70.2 Å². The number of fused-ring (bicyclic) bond motifs is 1. The molecule has 4 heterocycles. The second-order valence-corrected chi connectivity index (χ2v) is 7.16. The molecule has 31 heavy (non-hydrogen) atoms. The molecule has 2 aliphatic heterocycles. The lowest BCUT2D eigenvalue weighted by Crippen LogP contribution is -2.54. The van der Waals surface area contributed by atoms with Crippen LogP contribution in [0.1, 0.15) is 45.1 Å². The highest BCUT2D eigenvalue weighted by Gasteiger charge is 2.44. The fourth-order valence-corrected chi connectivity index (χ4v) is 3.67. The first-order chi connectivity index (χ1) is 15.0. The van der Waals surface area contributed by atoms with Crippen molar-refractivity contribution >= 4 is 23.6 Å². The lowest BCUT2D eigenvalue weighted by Gasteiger charge is -2.27. The Balaban J connectivity index is 1.37. The molecule has 0 radical (unpaired) electrons. The first kappa shape index (κ1) is 18.7. The van der Waals surface area contributed by atoms with Gasteiger partial charge in [-0.3, -0.25) is 29.4 Å². The summed E-state index contributed by atoms with van der Waals surface area (Å²) in [6.07, 6.45) is 2.97. The summed E-state index contributed by atoms with van der Waals surface area (Å²) in [7, 11) is 0. The molecule has 2 N–H and O–H groups in total. The monoisotopic (exact) mass is 421 g/mol. The van der Waals surface area contributed by atoms with Crippen LogP contribution in [0.3, 0.4) is 0 Å². The van der Waals surface area contributed by atoms with E-state index in [1.165, 1.54) is 10.7 Å². The van der Waals surface area contributed by atoms with Gasteiger partial charge in [0.05, 0.1) is 28.7 Å². The summed E-state index contributed by atoms with van der Waals surface area (Å²) >= 11 is 0. The second kappa shape index (κ2) is 7.19. The topological polar surface area (TPSA) is 169 Å². The van der Waals surface area contributed by atoms with Gasteiger partial charge in [0.1, 0.15) is 6.04 Å². The van der Waals surface area contributed by atoms with Crippen molar-refractivity contribution in [3.8, 4) is 5.69 Å². The molecule has 3 aromatic rings. The van der Waals surface area contributed by atoms with Crippen molar-refractivity contribution in [1.29, 1.82) is 0 Å². The Morgan fingerprint density at radius 1 is 1.03 bits per heavy atom. The van der Waals surface area contributed by atoms with Crippen LogP contribution in [0.25, 0.3) is 5.69 Å². The van der Waals surface area contributed by atoms with Crippen molar-refractivity contribution in [2.75, 3.05) is 0 Å². The maximum atomic E-state index is 12.9. The van der Waals surface area contributed by atoms with Gasteiger partial charge in [0.2, 0.25) is 11.8 Å². The number of aromatic amines is 1. The van der Waals surface area contributed by atoms with Crippen LogP contribution in [0, 0.1) is 0 Å². The predicted octanol–water partition coefficient (Wildman–Crippen LogP) is -1.03. The quantitative estimate of drug-likeness (QED) is 0.489. The van der Waals surface area contributed by atoms with E-state index in [-0.39, 0.29) is 24.0 Å². The van der Waals surface area contributed by atoms with Gasteiger partial charge in [-0.05, 0) is 24.6 Å². The summed E-state index contributed by atoms with van der Waals surface area (Å²) in [5, 5.41) is 24.0. The molecule has 1 aromatic carbocycles. The summed E-state index contributed by atoms with van der Waals surface area (Å²) in [6, 6.07) is 3.71. The van der Waals surface area contributed by atoms with E-state index in [9.17, 15) is 19.2 Å². The number of aryl methyl sites for hydroxylation is 2. The minimum absolute atomic E-state index is 0.0701. The van der Waals surface area contributed by atoms with Gasteiger partial charge in [-0.15, -0.1) is 15.3 Å². The van der Waals surface area contributed by atoms with E-state index in [2.05, 4.69) is 36.3 Å². The Kier molecular flexibility index (Phi) is 4.34. The van der Waals surface area contributed by atoms with Crippen LogP contribution >= 0.6 is 0 Å². The molecule has 13 heteroatoms. The van der Waals surface area contributed by atoms with E-state index in [1.54, 1.807) is 18.3 Å². The van der Waals surface area contributed by atoms with E-state index in [4.69, 9.17) is 0 Å². The number of hydrogen-bond acceptors (Lipinski definition) is 9. The molecule has 0 bridgehead atoms. The Labute approximate surface area is 173 Å². The zero-order valence-corrected chi connectivity index (χ0v) is 16.0. The van der Waals surface area contributed by atoms with Crippen LogP contribution in [0.15, 0.2) is 24.4 Å². The van der Waals surface area contributed by atoms with E-state index in [1.807, 2.05) is 0 Å². The smallest absolute Gasteiger partial charge is 0.262 e. The number of benzene rings is 1. The number of rotatable bonds is 5. The molecular formula is C18H15N9O4. The summed E-state index contributed by atoms with van der Waals surface area (Å²) in [5.41, 5.74) is 1.62. The molecular weight excluding hydrogens is 406 g/mol. The second-order valence-electron chi connectivity index (χ2n) is 7.16. The van der Waals surface area contributed by atoms with Gasteiger partial charge >= 0.3 is 0 Å². The fraction of sp³-hybridized carbons (Fsp3) is 0.278. The highest BCUT2D eigenvalue weighted by Crippen LogP contribution is 2.29. The normalized spacial score (nSPS) is 18.5. The van der Waals surface area contributed by atoms with Crippen molar-refractivity contribution in [3.05, 3.63) is 47.0 Å². The standard InChI is InChI=1S/C18H15N9O4/c28-15-6-4-13(16(29)19-15)27-17(30)11-3-2-10(7-12(11)18(27)31)26-8-9(20-25-26)1-5-14-21-23-24-22-14/h2-3,7-8,13H,1,4-6H2,(H,19,28,29)(H,21,22,23,24). The largest absolute Gasteiger partial charge is 0.295 e. The van der Waals surface area contributed by atoms with Crippen molar-refractivity contribution in [2.45, 2.75) is 31.7 Å². The molecule has 1 atom stereocenters. The minimum Gasteiger partial charge on any atom is -0.295 e. The Hall–Kier alpha value is -4.29. The summed E-state index contributed by atoms with van der Waals surface area (Å²) in [5.74, 6) is -1.63. The zero-order chi connectivity index (χ0) is 21.5. The molecule has 1 unspecified atom stereocenters. The molecule has 1 fully saturated rings. The Morgan fingerprint density at radius 2 is 1.87 bits per heavy atom. The summed E-state index contributed by atoms with van der Waals surface area (Å²) in [6.45, 7) is 0. The van der Waals surface area contributed by atoms with Crippen LogP contribution in [0.5, 0.6) is 0 Å². The van der Waals surface area contributed by atoms with E-state index in [0.29, 0.717) is 30.0 Å². The highest BCUT2D eigenvalue weighted by molar-refractivity contribution is 6.23. The molecule has 2 aliphatic rings. The van der Waals surface area contributed by atoms with E-state index >= 15 is 0 Å². The molecule has 0 spiro atoms. The van der Waals surface area contributed by atoms with Crippen LogP contribution in [0.4, 0.5) is 0 Å². The first-order valence-corrected chi connectivity index (χ1v) is 9.51. The third kappa shape index (κ3) is 3.25. The number of imide groups is 2. The number of hydrogen-bond donors (Lipinski definition) is 2. The van der Waals surface area contributed by atoms with Crippen molar-refractivity contribution in [1.82, 2.24) is 45.8 Å². The summed E-state index contributed by atoms with van der Waals surface area (Å²) < 4.78 is 1.50. The third-order valence-corrected chi connectivity index (χ3v) is 5.22. The fourth-order valence-electron chi connectivity index (χ4n) is 3.67. The van der Waals surface area contributed by atoms with Crippen molar-refractivity contribution in [2.24, 2.45) is 0 Å². The maximum absolute atomic E-state index is 12.9. The molecule has 5 rings (SSSR count). The number of nitrogens with one attached hydrogen (secondary N) is 2. The third-order valence-electron chi connectivity index (χ3n) is 5.22. The molecule has 4 amide bonds. The maximum Gasteiger partial charge on any atom is 0.262 e. The molecule has 0 saturated carbocycles. The lowest BCUT2D eigenvalue weighted by molar-refractivity contribution is -0.136. The van der Waals surface area contributed by atoms with Crippen LogP contribution < -0.4 is 5.32 Å². The number of nitrogens with zero attached hydrogens (tertiary/aromatic N) is 7. The van der Waals surface area contributed by atoms with E-state index < -0.39 is 29.7 Å². The number of aromatic nitrogens is 7. The summed E-state index contributed by atoms with van der Waals surface area (Å²) in [4.78, 5) is 50.2. The van der Waals surface area contributed by atoms with Gasteiger partial charge in [0.25, 0.3) is 11.8 Å². The number of carbonyl (C=O) groups excluding carboxylic acids is 4. The SMILES string of the molecule is O=C1CCC(N2C(=O)c3ccc(-n4cc(CCc5nn[nH]n5)nn4)cc3C2=O)C(=O)N1. The molecule has 1 saturated heterocycles. The molecule has 156 valence electrons. The molecule has 0 aliphatic carbocycles. The number of amides is 4. The average Bonchev–Trinajstić information content (AvgIpc) is 3.49. The number of piperidine rings is 1. The Morgan fingerprint density at radius 3 is 2.65 bits per heavy atom. The minimum atomic E-state index is -1.00. The van der Waals surface area contributed by atoms with E-state index in [0.717, 1.165) is 4.90 Å². The number of H-pyrrole nitrogens is 1. The lowest BCUT2D eigenvalue weighted by atomic mass is 10.0. The molecule has 2 aromatic heterocycles. The van der Waals surface area contributed by atoms with Gasteiger partial charge in [-0.2, -0.15) is 5.21 Å². The first-order valence-electron chi connectivity index (χ1n) is 9.51. The van der Waals surface area contributed by atoms with Gasteiger partial charge in [-0.25, -0.2) is 4.68 Å². The Bertz CT molecular complexity index is 1220. The van der Waals surface area contributed by atoms with Crippen LogP contribution in [0.2, 0.25) is 0 Å². The highest BCUT2D eigenvalue weighted by atomic mass is 16.2.